The molecule has 0 bridgehead atoms. The van der Waals surface area contributed by atoms with E-state index in [-0.39, 0.29) is 54.3 Å². The number of ether oxygens (including phenoxy) is 1. The van der Waals surface area contributed by atoms with Gasteiger partial charge in [-0.05, 0) is 37.1 Å². The highest BCUT2D eigenvalue weighted by atomic mass is 19.4. The molecule has 1 saturated heterocycles. The molecule has 2 aromatic rings. The Hall–Kier alpha value is -3.11. The number of alkyl halides is 3. The number of hydrogen-bond donors (Lipinski definition) is 1. The first kappa shape index (κ1) is 21.1. The zero-order valence-electron chi connectivity index (χ0n) is 16.5. The molecule has 0 radical (unpaired) electrons. The molecule has 8 nitrogen and oxygen atoms in total. The Morgan fingerprint density at radius 3 is 2.52 bits per heavy atom. The van der Waals surface area contributed by atoms with Crippen molar-refractivity contribution in [1.82, 2.24) is 10.2 Å². The summed E-state index contributed by atoms with van der Waals surface area (Å²) < 4.78 is 46.3. The van der Waals surface area contributed by atoms with Gasteiger partial charge in [0.05, 0.1) is 5.92 Å². The summed E-state index contributed by atoms with van der Waals surface area (Å²) in [4.78, 5) is 26.2. The smallest absolute Gasteiger partial charge is 0.407 e. The highest BCUT2D eigenvalue weighted by Crippen LogP contribution is 2.33. The number of amides is 2. The largest absolute Gasteiger partial charge is 0.573 e. The highest BCUT2D eigenvalue weighted by Gasteiger charge is 2.36. The SMILES string of the molecule is O=C(Nc1nnc([C@H]2CC(=O)N(c3ccc(OC(F)(F)F)cc3)C2)o1)C1CCCCC1. The van der Waals surface area contributed by atoms with Crippen LogP contribution in [0.25, 0.3) is 0 Å². The summed E-state index contributed by atoms with van der Waals surface area (Å²) in [6.07, 6.45) is 0.195. The summed E-state index contributed by atoms with van der Waals surface area (Å²) in [5, 5.41) is 10.5. The molecule has 0 unspecified atom stereocenters. The quantitative estimate of drug-likeness (QED) is 0.758. The monoisotopic (exact) mass is 438 g/mol. The average molecular weight is 438 g/mol. The van der Waals surface area contributed by atoms with Crippen molar-refractivity contribution in [3.63, 3.8) is 0 Å². The van der Waals surface area contributed by atoms with Crippen LogP contribution in [0.5, 0.6) is 5.75 Å². The second-order valence-electron chi connectivity index (χ2n) is 7.72. The fourth-order valence-electron chi connectivity index (χ4n) is 3.97. The molecule has 1 aromatic heterocycles. The normalized spacial score (nSPS) is 20.2. The van der Waals surface area contributed by atoms with E-state index in [0.717, 1.165) is 44.2 Å². The highest BCUT2D eigenvalue weighted by molar-refractivity contribution is 5.96. The number of nitrogens with one attached hydrogen (secondary N) is 1. The lowest BCUT2D eigenvalue weighted by molar-refractivity contribution is -0.274. The fraction of sp³-hybridized carbons (Fsp3) is 0.500. The van der Waals surface area contributed by atoms with Gasteiger partial charge in [-0.15, -0.1) is 18.3 Å². The van der Waals surface area contributed by atoms with Crippen LogP contribution < -0.4 is 15.0 Å². The third-order valence-electron chi connectivity index (χ3n) is 5.50. The number of rotatable bonds is 5. The molecule has 166 valence electrons. The molecule has 2 fully saturated rings. The van der Waals surface area contributed by atoms with Crippen LogP contribution in [0, 0.1) is 5.92 Å². The van der Waals surface area contributed by atoms with Crippen LogP contribution in [0.4, 0.5) is 24.9 Å². The van der Waals surface area contributed by atoms with Gasteiger partial charge >= 0.3 is 12.4 Å². The Morgan fingerprint density at radius 2 is 1.84 bits per heavy atom. The van der Waals surface area contributed by atoms with Crippen molar-refractivity contribution >= 4 is 23.5 Å². The standard InChI is InChI=1S/C20H21F3N4O4/c21-20(22,23)31-15-8-6-14(7-9-15)27-11-13(10-16(27)28)18-25-26-19(30-18)24-17(29)12-4-2-1-3-5-12/h6-9,12-13H,1-5,10-11H2,(H,24,26,29)/t13-/m0/s1. The van der Waals surface area contributed by atoms with E-state index in [1.165, 1.54) is 17.0 Å². The molecule has 2 aliphatic rings. The van der Waals surface area contributed by atoms with Gasteiger partial charge in [0.1, 0.15) is 5.75 Å². The summed E-state index contributed by atoms with van der Waals surface area (Å²) >= 11 is 0. The Balaban J connectivity index is 1.37. The topological polar surface area (TPSA) is 97.6 Å². The van der Waals surface area contributed by atoms with E-state index in [1.807, 2.05) is 0 Å². The van der Waals surface area contributed by atoms with Crippen LogP contribution in [-0.4, -0.2) is 34.9 Å². The maximum atomic E-state index is 12.4. The van der Waals surface area contributed by atoms with E-state index >= 15 is 0 Å². The van der Waals surface area contributed by atoms with Crippen molar-refractivity contribution < 1.29 is 31.9 Å². The van der Waals surface area contributed by atoms with E-state index in [4.69, 9.17) is 4.42 Å². The molecular weight excluding hydrogens is 417 g/mol. The maximum Gasteiger partial charge on any atom is 0.573 e. The Kier molecular flexibility index (Phi) is 5.84. The van der Waals surface area contributed by atoms with Gasteiger partial charge in [0.25, 0.3) is 0 Å². The van der Waals surface area contributed by atoms with Gasteiger partial charge in [0.15, 0.2) is 0 Å². The molecule has 1 aliphatic carbocycles. The van der Waals surface area contributed by atoms with Crippen molar-refractivity contribution in [2.75, 3.05) is 16.8 Å². The molecule has 11 heteroatoms. The van der Waals surface area contributed by atoms with Gasteiger partial charge in [-0.25, -0.2) is 0 Å². The Bertz CT molecular complexity index is 939. The summed E-state index contributed by atoms with van der Waals surface area (Å²) in [5.41, 5.74) is 0.437. The van der Waals surface area contributed by atoms with Crippen LogP contribution in [0.2, 0.25) is 0 Å². The minimum absolute atomic E-state index is 0.00475. The van der Waals surface area contributed by atoms with E-state index in [2.05, 4.69) is 20.3 Å². The first-order valence-corrected chi connectivity index (χ1v) is 10.1. The molecule has 2 heterocycles. The summed E-state index contributed by atoms with van der Waals surface area (Å²) in [7, 11) is 0. The van der Waals surface area contributed by atoms with Gasteiger partial charge in [0.2, 0.25) is 17.7 Å². The third kappa shape index (κ3) is 5.15. The van der Waals surface area contributed by atoms with Gasteiger partial charge in [-0.1, -0.05) is 24.4 Å². The minimum atomic E-state index is -4.78. The summed E-state index contributed by atoms with van der Waals surface area (Å²) in [5.74, 6) is -0.939. The van der Waals surface area contributed by atoms with Crippen molar-refractivity contribution in [2.45, 2.75) is 50.8 Å². The minimum Gasteiger partial charge on any atom is -0.407 e. The number of aromatic nitrogens is 2. The summed E-state index contributed by atoms with van der Waals surface area (Å²) in [6, 6.07) is 5.06. The predicted molar refractivity (Wildman–Crippen MR) is 102 cm³/mol. The third-order valence-corrected chi connectivity index (χ3v) is 5.50. The number of hydrogen-bond acceptors (Lipinski definition) is 6. The molecule has 1 N–H and O–H groups in total. The molecule has 4 rings (SSSR count). The predicted octanol–water partition coefficient (Wildman–Crippen LogP) is 4.01. The lowest BCUT2D eigenvalue weighted by Crippen LogP contribution is -2.24. The van der Waals surface area contributed by atoms with Gasteiger partial charge < -0.3 is 14.1 Å². The maximum absolute atomic E-state index is 12.4. The van der Waals surface area contributed by atoms with Crippen molar-refractivity contribution in [1.29, 1.82) is 0 Å². The number of carbonyl (C=O) groups excluding carboxylic acids is 2. The Labute approximate surface area is 175 Å². The number of benzene rings is 1. The molecule has 1 saturated carbocycles. The first-order chi connectivity index (χ1) is 14.8. The van der Waals surface area contributed by atoms with Crippen molar-refractivity contribution in [2.24, 2.45) is 5.92 Å². The zero-order valence-corrected chi connectivity index (χ0v) is 16.5. The fourth-order valence-corrected chi connectivity index (χ4v) is 3.97. The van der Waals surface area contributed by atoms with E-state index in [1.54, 1.807) is 0 Å². The number of halogens is 3. The van der Waals surface area contributed by atoms with E-state index in [9.17, 15) is 22.8 Å². The molecule has 1 atom stereocenters. The van der Waals surface area contributed by atoms with Crippen molar-refractivity contribution in [3.8, 4) is 5.75 Å². The number of nitrogens with zero attached hydrogens (tertiary/aromatic N) is 3. The summed E-state index contributed by atoms with van der Waals surface area (Å²) in [6.45, 7) is 0.233. The lowest BCUT2D eigenvalue weighted by atomic mass is 9.89. The molecule has 0 spiro atoms. The lowest BCUT2D eigenvalue weighted by Gasteiger charge is -2.19. The van der Waals surface area contributed by atoms with E-state index < -0.39 is 6.36 Å². The van der Waals surface area contributed by atoms with Crippen molar-refractivity contribution in [3.05, 3.63) is 30.2 Å². The molecule has 31 heavy (non-hydrogen) atoms. The number of anilines is 2. The van der Waals surface area contributed by atoms with Crippen LogP contribution in [0.15, 0.2) is 28.7 Å². The molecule has 1 aliphatic heterocycles. The molecule has 2 amide bonds. The average Bonchev–Trinajstić information content (AvgIpc) is 3.35. The first-order valence-electron chi connectivity index (χ1n) is 10.1. The molecular formula is C20H21F3N4O4. The van der Waals surface area contributed by atoms with Crippen LogP contribution >= 0.6 is 0 Å². The molecule has 1 aromatic carbocycles. The second kappa shape index (κ2) is 8.56. The Morgan fingerprint density at radius 1 is 1.13 bits per heavy atom. The number of carbonyl (C=O) groups is 2. The van der Waals surface area contributed by atoms with E-state index in [0.29, 0.717) is 5.69 Å². The van der Waals surface area contributed by atoms with Gasteiger partial charge in [-0.2, -0.15) is 0 Å². The second-order valence-corrected chi connectivity index (χ2v) is 7.72. The zero-order chi connectivity index (χ0) is 22.0. The van der Waals surface area contributed by atoms with Crippen LogP contribution in [0.3, 0.4) is 0 Å². The van der Waals surface area contributed by atoms with Crippen LogP contribution in [-0.2, 0) is 9.59 Å². The van der Waals surface area contributed by atoms with Gasteiger partial charge in [-0.3, -0.25) is 14.9 Å². The van der Waals surface area contributed by atoms with Gasteiger partial charge in [0, 0.05) is 24.6 Å². The van der Waals surface area contributed by atoms with Crippen LogP contribution in [0.1, 0.15) is 50.3 Å².